The van der Waals surface area contributed by atoms with E-state index in [4.69, 9.17) is 9.62 Å². The van der Waals surface area contributed by atoms with Gasteiger partial charge in [-0.2, -0.15) is 18.3 Å². The van der Waals surface area contributed by atoms with Gasteiger partial charge in [-0.05, 0) is 38.0 Å². The molecule has 0 saturated carbocycles. The van der Waals surface area contributed by atoms with E-state index in [-0.39, 0.29) is 18.3 Å². The number of fused-ring (bicyclic) bond motifs is 5. The summed E-state index contributed by atoms with van der Waals surface area (Å²) in [6.45, 7) is 2.77. The SMILES string of the molecule is CC1Cc2nn3c(c2CN1C(=O)Nc1ccc(F)c(C(F)(F)F)c1)-c1oncc1CCC3. The number of carbonyl (C=O) groups excluding carboxylic acids is 1. The molecule has 2 aliphatic rings. The van der Waals surface area contributed by atoms with Crippen LogP contribution in [0.25, 0.3) is 11.5 Å². The van der Waals surface area contributed by atoms with Gasteiger partial charge in [-0.25, -0.2) is 9.18 Å². The van der Waals surface area contributed by atoms with Crippen LogP contribution in [0.15, 0.2) is 28.9 Å². The Labute approximate surface area is 180 Å². The van der Waals surface area contributed by atoms with E-state index in [9.17, 15) is 22.4 Å². The van der Waals surface area contributed by atoms with Crippen molar-refractivity contribution in [3.05, 3.63) is 52.6 Å². The third-order valence-electron chi connectivity index (χ3n) is 5.94. The summed E-state index contributed by atoms with van der Waals surface area (Å²) in [5.74, 6) is -0.753. The maximum atomic E-state index is 13.6. The zero-order valence-corrected chi connectivity index (χ0v) is 17.0. The van der Waals surface area contributed by atoms with Crippen molar-refractivity contribution < 1.29 is 26.9 Å². The van der Waals surface area contributed by atoms with Crippen LogP contribution in [-0.2, 0) is 32.1 Å². The first kappa shape index (κ1) is 20.5. The number of nitrogens with one attached hydrogen (secondary N) is 1. The number of aryl methyl sites for hydroxylation is 2. The Morgan fingerprint density at radius 2 is 2.12 bits per heavy atom. The first-order chi connectivity index (χ1) is 15.2. The van der Waals surface area contributed by atoms with Crippen molar-refractivity contribution in [3.8, 4) is 11.5 Å². The zero-order chi connectivity index (χ0) is 22.6. The quantitative estimate of drug-likeness (QED) is 0.550. The summed E-state index contributed by atoms with van der Waals surface area (Å²) in [7, 11) is 0. The van der Waals surface area contributed by atoms with Gasteiger partial charge in [0.1, 0.15) is 11.5 Å². The van der Waals surface area contributed by atoms with Gasteiger partial charge in [-0.1, -0.05) is 5.16 Å². The van der Waals surface area contributed by atoms with Gasteiger partial charge < -0.3 is 14.7 Å². The van der Waals surface area contributed by atoms with Crippen LogP contribution < -0.4 is 5.32 Å². The van der Waals surface area contributed by atoms with Gasteiger partial charge in [-0.15, -0.1) is 0 Å². The molecule has 2 aromatic heterocycles. The van der Waals surface area contributed by atoms with Crippen molar-refractivity contribution in [2.45, 2.75) is 51.5 Å². The normalized spacial score (nSPS) is 17.9. The number of halogens is 4. The van der Waals surface area contributed by atoms with Gasteiger partial charge in [-0.3, -0.25) is 4.68 Å². The average molecular weight is 449 g/mol. The van der Waals surface area contributed by atoms with Gasteiger partial charge in [0, 0.05) is 35.8 Å². The Hall–Kier alpha value is -3.37. The molecule has 168 valence electrons. The second kappa shape index (κ2) is 7.35. The molecular weight excluding hydrogens is 430 g/mol. The number of carbonyl (C=O) groups is 1. The van der Waals surface area contributed by atoms with E-state index in [2.05, 4.69) is 10.5 Å². The number of rotatable bonds is 1. The third-order valence-corrected chi connectivity index (χ3v) is 5.94. The van der Waals surface area contributed by atoms with Crippen LogP contribution in [-0.4, -0.2) is 31.9 Å². The van der Waals surface area contributed by atoms with Crippen molar-refractivity contribution in [1.82, 2.24) is 19.8 Å². The molecule has 2 aliphatic heterocycles. The summed E-state index contributed by atoms with van der Waals surface area (Å²) in [5.41, 5.74) is 1.91. The summed E-state index contributed by atoms with van der Waals surface area (Å²) < 4.78 is 60.0. The van der Waals surface area contributed by atoms with Crippen LogP contribution in [0.2, 0.25) is 0 Å². The Kier molecular flexibility index (Phi) is 4.72. The Morgan fingerprint density at radius 1 is 1.31 bits per heavy atom. The number of hydrogen-bond donors (Lipinski definition) is 1. The maximum Gasteiger partial charge on any atom is 0.419 e. The molecule has 1 atom stereocenters. The minimum Gasteiger partial charge on any atom is -0.354 e. The summed E-state index contributed by atoms with van der Waals surface area (Å²) in [4.78, 5) is 14.5. The number of benzene rings is 1. The van der Waals surface area contributed by atoms with Crippen LogP contribution in [0.1, 0.15) is 35.7 Å². The molecule has 32 heavy (non-hydrogen) atoms. The Balaban J connectivity index is 1.44. The van der Waals surface area contributed by atoms with Crippen LogP contribution in [0, 0.1) is 5.82 Å². The van der Waals surface area contributed by atoms with Crippen LogP contribution in [0.5, 0.6) is 0 Å². The molecule has 1 unspecified atom stereocenters. The highest BCUT2D eigenvalue weighted by molar-refractivity contribution is 5.90. The van der Waals surface area contributed by atoms with Gasteiger partial charge in [0.2, 0.25) is 0 Å². The van der Waals surface area contributed by atoms with Gasteiger partial charge in [0.15, 0.2) is 5.76 Å². The lowest BCUT2D eigenvalue weighted by molar-refractivity contribution is -0.139. The number of amides is 2. The average Bonchev–Trinajstić information content (AvgIpc) is 3.27. The monoisotopic (exact) mass is 449 g/mol. The third kappa shape index (κ3) is 3.41. The van der Waals surface area contributed by atoms with E-state index < -0.39 is 23.6 Å². The lowest BCUT2D eigenvalue weighted by Gasteiger charge is -2.33. The predicted molar refractivity (Wildman–Crippen MR) is 105 cm³/mol. The van der Waals surface area contributed by atoms with Gasteiger partial charge >= 0.3 is 12.2 Å². The minimum absolute atomic E-state index is 0.131. The van der Waals surface area contributed by atoms with Crippen molar-refractivity contribution in [2.75, 3.05) is 5.32 Å². The fourth-order valence-electron chi connectivity index (χ4n) is 4.35. The molecule has 0 radical (unpaired) electrons. The van der Waals surface area contributed by atoms with Crippen molar-refractivity contribution in [3.63, 3.8) is 0 Å². The summed E-state index contributed by atoms with van der Waals surface area (Å²) >= 11 is 0. The highest BCUT2D eigenvalue weighted by Gasteiger charge is 2.36. The summed E-state index contributed by atoms with van der Waals surface area (Å²) in [5, 5.41) is 11.1. The lowest BCUT2D eigenvalue weighted by atomic mass is 9.98. The van der Waals surface area contributed by atoms with Crippen LogP contribution >= 0.6 is 0 Å². The van der Waals surface area contributed by atoms with Crippen molar-refractivity contribution in [1.29, 1.82) is 0 Å². The van der Waals surface area contributed by atoms with Crippen LogP contribution in [0.4, 0.5) is 28.0 Å². The zero-order valence-electron chi connectivity index (χ0n) is 17.0. The Bertz CT molecular complexity index is 1200. The molecule has 0 spiro atoms. The maximum absolute atomic E-state index is 13.6. The van der Waals surface area contributed by atoms with E-state index in [1.165, 1.54) is 4.90 Å². The fraction of sp³-hybridized carbons (Fsp3) is 0.381. The molecule has 4 heterocycles. The van der Waals surface area contributed by atoms with E-state index in [0.717, 1.165) is 41.4 Å². The minimum atomic E-state index is -4.86. The molecule has 1 aromatic carbocycles. The van der Waals surface area contributed by atoms with E-state index in [0.29, 0.717) is 30.9 Å². The molecule has 7 nitrogen and oxygen atoms in total. The van der Waals surface area contributed by atoms with E-state index in [1.807, 2.05) is 11.6 Å². The number of alkyl halides is 3. The van der Waals surface area contributed by atoms with Crippen molar-refractivity contribution >= 4 is 11.7 Å². The van der Waals surface area contributed by atoms with Crippen LogP contribution in [0.3, 0.4) is 0 Å². The van der Waals surface area contributed by atoms with Gasteiger partial charge in [0.25, 0.3) is 0 Å². The lowest BCUT2D eigenvalue weighted by Crippen LogP contribution is -2.44. The molecule has 0 saturated heterocycles. The van der Waals surface area contributed by atoms with Crippen molar-refractivity contribution in [2.24, 2.45) is 0 Å². The van der Waals surface area contributed by atoms with E-state index >= 15 is 0 Å². The van der Waals surface area contributed by atoms with E-state index in [1.54, 1.807) is 6.20 Å². The fourth-order valence-corrected chi connectivity index (χ4v) is 4.35. The smallest absolute Gasteiger partial charge is 0.354 e. The van der Waals surface area contributed by atoms with Gasteiger partial charge in [0.05, 0.1) is 24.0 Å². The molecule has 1 N–H and O–H groups in total. The molecule has 5 rings (SSSR count). The molecule has 0 fully saturated rings. The highest BCUT2D eigenvalue weighted by Crippen LogP contribution is 2.37. The largest absolute Gasteiger partial charge is 0.419 e. The first-order valence-corrected chi connectivity index (χ1v) is 10.2. The molecule has 0 bridgehead atoms. The number of urea groups is 1. The molecule has 3 aromatic rings. The molecular formula is C21H19F4N5O2. The molecule has 2 amide bonds. The predicted octanol–water partition coefficient (Wildman–Crippen LogP) is 4.62. The highest BCUT2D eigenvalue weighted by atomic mass is 19.4. The number of hydrogen-bond acceptors (Lipinski definition) is 4. The topological polar surface area (TPSA) is 76.2 Å². The summed E-state index contributed by atoms with van der Waals surface area (Å²) in [6.07, 6.45) is -0.990. The standard InChI is InChI=1S/C21H19F4N5O2/c1-11-7-17-14(18-19-12(9-26-32-19)3-2-6-30(18)28-17)10-29(11)20(31)27-13-4-5-16(22)15(8-13)21(23,24)25/h4-5,8-9,11H,2-3,6-7,10H2,1H3,(H,27,31). The Morgan fingerprint density at radius 3 is 2.91 bits per heavy atom. The molecule has 0 aliphatic carbocycles. The number of anilines is 1. The second-order valence-corrected chi connectivity index (χ2v) is 8.08. The molecule has 11 heteroatoms. The first-order valence-electron chi connectivity index (χ1n) is 10.2. The number of nitrogens with zero attached hydrogens (tertiary/aromatic N) is 4. The second-order valence-electron chi connectivity index (χ2n) is 8.08. The summed E-state index contributed by atoms with van der Waals surface area (Å²) in [6, 6.07) is 1.58. The number of aromatic nitrogens is 3.